The molecule has 0 saturated heterocycles. The van der Waals surface area contributed by atoms with E-state index in [-0.39, 0.29) is 11.9 Å². The van der Waals surface area contributed by atoms with Crippen LogP contribution in [-0.4, -0.2) is 38.8 Å². The van der Waals surface area contributed by atoms with E-state index >= 15 is 0 Å². The van der Waals surface area contributed by atoms with Gasteiger partial charge in [-0.15, -0.1) is 0 Å². The van der Waals surface area contributed by atoms with Gasteiger partial charge < -0.3 is 15.4 Å². The maximum Gasteiger partial charge on any atom is 0.251 e. The van der Waals surface area contributed by atoms with Crippen LogP contribution in [-0.2, 0) is 4.74 Å². The van der Waals surface area contributed by atoms with Crippen molar-refractivity contribution in [3.63, 3.8) is 0 Å². The summed E-state index contributed by atoms with van der Waals surface area (Å²) in [5.74, 6) is -0.0899. The minimum atomic E-state index is -0.0899. The first-order valence-corrected chi connectivity index (χ1v) is 6.27. The molecule has 1 atom stereocenters. The second-order valence-corrected chi connectivity index (χ2v) is 4.51. The van der Waals surface area contributed by atoms with Gasteiger partial charge in [0.1, 0.15) is 0 Å². The molecule has 0 radical (unpaired) electrons. The van der Waals surface area contributed by atoms with Gasteiger partial charge in [0.05, 0.1) is 6.61 Å². The standard InChI is InChI=1S/C13H19ClN2O2/c1-10(9-18-2)15-7-8-16-13(17)11-3-5-12(14)6-4-11/h3-6,10,15H,7-9H2,1-2H3,(H,16,17). The number of amides is 1. The zero-order valence-corrected chi connectivity index (χ0v) is 11.5. The van der Waals surface area contributed by atoms with Gasteiger partial charge in [-0.3, -0.25) is 4.79 Å². The van der Waals surface area contributed by atoms with Crippen molar-refractivity contribution in [2.24, 2.45) is 0 Å². The van der Waals surface area contributed by atoms with Crippen molar-refractivity contribution in [1.29, 1.82) is 0 Å². The minimum absolute atomic E-state index is 0.0899. The number of halogens is 1. The molecule has 0 heterocycles. The van der Waals surface area contributed by atoms with Gasteiger partial charge in [0, 0.05) is 36.8 Å². The molecule has 100 valence electrons. The third kappa shape index (κ3) is 5.49. The molecule has 0 aliphatic carbocycles. The Morgan fingerprint density at radius 3 is 2.61 bits per heavy atom. The lowest BCUT2D eigenvalue weighted by molar-refractivity contribution is 0.0953. The maximum atomic E-state index is 11.7. The Balaban J connectivity index is 2.23. The second kappa shape index (κ2) is 8.08. The van der Waals surface area contributed by atoms with E-state index in [9.17, 15) is 4.79 Å². The van der Waals surface area contributed by atoms with Crippen LogP contribution in [0.5, 0.6) is 0 Å². The van der Waals surface area contributed by atoms with Crippen LogP contribution < -0.4 is 10.6 Å². The van der Waals surface area contributed by atoms with Crippen molar-refractivity contribution in [2.75, 3.05) is 26.8 Å². The molecule has 4 nitrogen and oxygen atoms in total. The molecule has 0 aromatic heterocycles. The van der Waals surface area contributed by atoms with E-state index < -0.39 is 0 Å². The molecular formula is C13H19ClN2O2. The number of rotatable bonds is 7. The highest BCUT2D eigenvalue weighted by Gasteiger charge is 2.04. The Morgan fingerprint density at radius 1 is 1.33 bits per heavy atom. The number of nitrogens with one attached hydrogen (secondary N) is 2. The molecule has 1 aromatic rings. The SMILES string of the molecule is COCC(C)NCCNC(=O)c1ccc(Cl)cc1. The third-order valence-corrected chi connectivity index (χ3v) is 2.68. The number of hydrogen-bond donors (Lipinski definition) is 2. The van der Waals surface area contributed by atoms with Crippen LogP contribution in [0.4, 0.5) is 0 Å². The normalized spacial score (nSPS) is 12.2. The van der Waals surface area contributed by atoms with Crippen LogP contribution in [0.3, 0.4) is 0 Å². The van der Waals surface area contributed by atoms with Gasteiger partial charge in [0.25, 0.3) is 5.91 Å². The number of carbonyl (C=O) groups is 1. The molecule has 1 amide bonds. The molecule has 1 rings (SSSR count). The number of benzene rings is 1. The zero-order chi connectivity index (χ0) is 13.4. The molecule has 18 heavy (non-hydrogen) atoms. The molecule has 1 aromatic carbocycles. The molecule has 0 spiro atoms. The molecule has 0 aliphatic rings. The molecule has 1 unspecified atom stereocenters. The highest BCUT2D eigenvalue weighted by atomic mass is 35.5. The summed E-state index contributed by atoms with van der Waals surface area (Å²) in [4.78, 5) is 11.7. The average Bonchev–Trinajstić information content (AvgIpc) is 2.35. The summed E-state index contributed by atoms with van der Waals surface area (Å²) in [6, 6.07) is 7.10. The van der Waals surface area contributed by atoms with Gasteiger partial charge in [0.15, 0.2) is 0 Å². The summed E-state index contributed by atoms with van der Waals surface area (Å²) in [6.07, 6.45) is 0. The first-order chi connectivity index (χ1) is 8.63. The lowest BCUT2D eigenvalue weighted by atomic mass is 10.2. The average molecular weight is 271 g/mol. The van der Waals surface area contributed by atoms with Crippen molar-refractivity contribution >= 4 is 17.5 Å². The number of hydrogen-bond acceptors (Lipinski definition) is 3. The summed E-state index contributed by atoms with van der Waals surface area (Å²) in [7, 11) is 1.67. The Morgan fingerprint density at radius 2 is 2.00 bits per heavy atom. The van der Waals surface area contributed by atoms with Crippen LogP contribution in [0.25, 0.3) is 0 Å². The smallest absolute Gasteiger partial charge is 0.251 e. The number of carbonyl (C=O) groups excluding carboxylic acids is 1. The van der Waals surface area contributed by atoms with Crippen LogP contribution in [0, 0.1) is 0 Å². The van der Waals surface area contributed by atoms with Gasteiger partial charge in [-0.25, -0.2) is 0 Å². The predicted octanol–water partition coefficient (Wildman–Crippen LogP) is 1.69. The Labute approximate surface area is 113 Å². The predicted molar refractivity (Wildman–Crippen MR) is 73.1 cm³/mol. The van der Waals surface area contributed by atoms with Crippen molar-refractivity contribution in [2.45, 2.75) is 13.0 Å². The second-order valence-electron chi connectivity index (χ2n) is 4.07. The molecule has 0 fully saturated rings. The first kappa shape index (κ1) is 15.0. The van der Waals surface area contributed by atoms with Crippen molar-refractivity contribution in [3.8, 4) is 0 Å². The van der Waals surface area contributed by atoms with Crippen LogP contribution in [0.2, 0.25) is 5.02 Å². The summed E-state index contributed by atoms with van der Waals surface area (Å²) in [5.41, 5.74) is 0.615. The van der Waals surface area contributed by atoms with Gasteiger partial charge in [-0.05, 0) is 31.2 Å². The zero-order valence-electron chi connectivity index (χ0n) is 10.7. The van der Waals surface area contributed by atoms with Gasteiger partial charge >= 0.3 is 0 Å². The maximum absolute atomic E-state index is 11.7. The van der Waals surface area contributed by atoms with Crippen LogP contribution >= 0.6 is 11.6 Å². The summed E-state index contributed by atoms with van der Waals surface area (Å²) >= 11 is 5.75. The molecule has 2 N–H and O–H groups in total. The van der Waals surface area contributed by atoms with Crippen molar-refractivity contribution in [3.05, 3.63) is 34.9 Å². The first-order valence-electron chi connectivity index (χ1n) is 5.89. The Bertz CT molecular complexity index is 368. The monoisotopic (exact) mass is 270 g/mol. The van der Waals surface area contributed by atoms with Gasteiger partial charge in [-0.1, -0.05) is 11.6 Å². The third-order valence-electron chi connectivity index (χ3n) is 2.43. The van der Waals surface area contributed by atoms with Crippen LogP contribution in [0.1, 0.15) is 17.3 Å². The fourth-order valence-corrected chi connectivity index (χ4v) is 1.63. The lowest BCUT2D eigenvalue weighted by Crippen LogP contribution is -2.37. The molecule has 5 heteroatoms. The highest BCUT2D eigenvalue weighted by molar-refractivity contribution is 6.30. The van der Waals surface area contributed by atoms with Gasteiger partial charge in [0.2, 0.25) is 0 Å². The van der Waals surface area contributed by atoms with E-state index in [2.05, 4.69) is 10.6 Å². The summed E-state index contributed by atoms with van der Waals surface area (Å²) < 4.78 is 5.00. The quantitative estimate of drug-likeness (QED) is 0.742. The largest absolute Gasteiger partial charge is 0.383 e. The fourth-order valence-electron chi connectivity index (χ4n) is 1.51. The molecule has 0 bridgehead atoms. The minimum Gasteiger partial charge on any atom is -0.383 e. The van der Waals surface area contributed by atoms with Crippen molar-refractivity contribution in [1.82, 2.24) is 10.6 Å². The molecular weight excluding hydrogens is 252 g/mol. The van der Waals surface area contributed by atoms with E-state index in [4.69, 9.17) is 16.3 Å². The highest BCUT2D eigenvalue weighted by Crippen LogP contribution is 2.08. The summed E-state index contributed by atoms with van der Waals surface area (Å²) in [5, 5.41) is 6.70. The Kier molecular flexibility index (Phi) is 6.72. The van der Waals surface area contributed by atoms with E-state index in [0.717, 1.165) is 0 Å². The van der Waals surface area contributed by atoms with Crippen LogP contribution in [0.15, 0.2) is 24.3 Å². The topological polar surface area (TPSA) is 50.4 Å². The molecule has 0 aliphatic heterocycles. The van der Waals surface area contributed by atoms with E-state index in [1.54, 1.807) is 31.4 Å². The van der Waals surface area contributed by atoms with Gasteiger partial charge in [-0.2, -0.15) is 0 Å². The fraction of sp³-hybridized carbons (Fsp3) is 0.462. The lowest BCUT2D eigenvalue weighted by Gasteiger charge is -2.12. The molecule has 0 saturated carbocycles. The van der Waals surface area contributed by atoms with E-state index in [0.29, 0.717) is 30.3 Å². The van der Waals surface area contributed by atoms with Crippen molar-refractivity contribution < 1.29 is 9.53 Å². The summed E-state index contributed by atoms with van der Waals surface area (Å²) in [6.45, 7) is 3.98. The van der Waals surface area contributed by atoms with E-state index in [1.807, 2.05) is 6.92 Å². The number of ether oxygens (including phenoxy) is 1. The number of methoxy groups -OCH3 is 1. The van der Waals surface area contributed by atoms with E-state index in [1.165, 1.54) is 0 Å². The Hall–Kier alpha value is -1.10.